The lowest BCUT2D eigenvalue weighted by molar-refractivity contribution is 0.783. The molecular weight excluding hydrogens is 212 g/mol. The number of hydrogen-bond acceptors (Lipinski definition) is 3. The number of nitrogens with two attached hydrogens (primary N) is 1. The maximum atomic E-state index is 5.80. The van der Waals surface area contributed by atoms with E-state index in [4.69, 9.17) is 5.73 Å². The van der Waals surface area contributed by atoms with E-state index in [1.807, 2.05) is 36.9 Å². The number of nitrogens with zero attached hydrogens (tertiary/aromatic N) is 3. The van der Waals surface area contributed by atoms with Crippen molar-refractivity contribution in [2.45, 2.75) is 33.7 Å². The molecule has 0 radical (unpaired) electrons. The van der Waals surface area contributed by atoms with Crippen LogP contribution in [0.4, 0.5) is 0 Å². The normalized spacial score (nSPS) is 12.8. The van der Waals surface area contributed by atoms with Crippen molar-refractivity contribution in [1.29, 1.82) is 0 Å². The molecule has 2 aromatic rings. The zero-order valence-corrected chi connectivity index (χ0v) is 10.7. The number of pyridine rings is 1. The second kappa shape index (κ2) is 4.30. The zero-order chi connectivity index (χ0) is 12.6. The summed E-state index contributed by atoms with van der Waals surface area (Å²) < 4.78 is 1.87. The van der Waals surface area contributed by atoms with E-state index < -0.39 is 0 Å². The summed E-state index contributed by atoms with van der Waals surface area (Å²) in [5.74, 6) is 0.836. The minimum absolute atomic E-state index is 0.0127. The largest absolute Gasteiger partial charge is 0.324 e. The Morgan fingerprint density at radius 3 is 2.35 bits per heavy atom. The summed E-state index contributed by atoms with van der Waals surface area (Å²) in [5, 5.41) is 4.48. The molecule has 4 heteroatoms. The molecule has 0 fully saturated rings. The second-order valence-electron chi connectivity index (χ2n) is 4.45. The lowest BCUT2D eigenvalue weighted by atomic mass is 10.1. The van der Waals surface area contributed by atoms with Crippen LogP contribution in [0.5, 0.6) is 0 Å². The van der Waals surface area contributed by atoms with Gasteiger partial charge in [0.2, 0.25) is 0 Å². The Kier molecular flexibility index (Phi) is 2.98. The van der Waals surface area contributed by atoms with Gasteiger partial charge in [-0.1, -0.05) is 6.07 Å². The third-order valence-electron chi connectivity index (χ3n) is 3.17. The Labute approximate surface area is 101 Å². The SMILES string of the molecule is Cc1nn(-c2ccc(C(C)N)cn2)c(C)c1C. The van der Waals surface area contributed by atoms with Gasteiger partial charge in [0.1, 0.15) is 0 Å². The summed E-state index contributed by atoms with van der Waals surface area (Å²) in [6.07, 6.45) is 1.81. The van der Waals surface area contributed by atoms with Gasteiger partial charge in [-0.3, -0.25) is 0 Å². The van der Waals surface area contributed by atoms with E-state index in [1.54, 1.807) is 0 Å². The first-order valence-electron chi connectivity index (χ1n) is 5.75. The van der Waals surface area contributed by atoms with Crippen molar-refractivity contribution in [3.05, 3.63) is 40.8 Å². The summed E-state index contributed by atoms with van der Waals surface area (Å²) in [5.41, 5.74) is 10.2. The fourth-order valence-corrected chi connectivity index (χ4v) is 1.74. The van der Waals surface area contributed by atoms with Crippen LogP contribution >= 0.6 is 0 Å². The highest BCUT2D eigenvalue weighted by atomic mass is 15.3. The monoisotopic (exact) mass is 230 g/mol. The average Bonchev–Trinajstić information content (AvgIpc) is 2.57. The van der Waals surface area contributed by atoms with Crippen LogP contribution in [0.2, 0.25) is 0 Å². The first-order chi connectivity index (χ1) is 8.00. The van der Waals surface area contributed by atoms with Crippen molar-refractivity contribution in [3.63, 3.8) is 0 Å². The zero-order valence-electron chi connectivity index (χ0n) is 10.7. The summed E-state index contributed by atoms with van der Waals surface area (Å²) in [7, 11) is 0. The van der Waals surface area contributed by atoms with E-state index in [1.165, 1.54) is 5.56 Å². The van der Waals surface area contributed by atoms with Crippen LogP contribution in [-0.2, 0) is 0 Å². The Balaban J connectivity index is 2.43. The van der Waals surface area contributed by atoms with Gasteiger partial charge in [0.15, 0.2) is 5.82 Å². The van der Waals surface area contributed by atoms with E-state index >= 15 is 0 Å². The molecule has 0 aromatic carbocycles. The first kappa shape index (κ1) is 11.8. The van der Waals surface area contributed by atoms with Gasteiger partial charge in [-0.05, 0) is 44.9 Å². The summed E-state index contributed by atoms with van der Waals surface area (Å²) in [4.78, 5) is 4.41. The standard InChI is InChI=1S/C13H18N4/c1-8-10(3)16-17(11(8)4)13-6-5-12(7-15-13)9(2)14/h5-7,9H,14H2,1-4H3. The molecule has 90 valence electrons. The molecule has 0 amide bonds. The molecule has 1 unspecified atom stereocenters. The van der Waals surface area contributed by atoms with E-state index in [-0.39, 0.29) is 6.04 Å². The van der Waals surface area contributed by atoms with Gasteiger partial charge in [-0.25, -0.2) is 9.67 Å². The van der Waals surface area contributed by atoms with E-state index in [9.17, 15) is 0 Å². The van der Waals surface area contributed by atoms with Crippen molar-refractivity contribution in [3.8, 4) is 5.82 Å². The van der Waals surface area contributed by atoms with Crippen LogP contribution < -0.4 is 5.73 Å². The van der Waals surface area contributed by atoms with Gasteiger partial charge in [0.05, 0.1) is 5.69 Å². The molecule has 2 N–H and O–H groups in total. The Morgan fingerprint density at radius 2 is 1.94 bits per heavy atom. The van der Waals surface area contributed by atoms with Gasteiger partial charge < -0.3 is 5.73 Å². The molecule has 0 aliphatic heterocycles. The molecule has 17 heavy (non-hydrogen) atoms. The van der Waals surface area contributed by atoms with Gasteiger partial charge in [0.25, 0.3) is 0 Å². The van der Waals surface area contributed by atoms with Crippen LogP contribution in [-0.4, -0.2) is 14.8 Å². The summed E-state index contributed by atoms with van der Waals surface area (Å²) >= 11 is 0. The maximum absolute atomic E-state index is 5.80. The minimum atomic E-state index is 0.0127. The second-order valence-corrected chi connectivity index (χ2v) is 4.45. The van der Waals surface area contributed by atoms with Crippen LogP contribution in [0, 0.1) is 20.8 Å². The lowest BCUT2D eigenvalue weighted by Crippen LogP contribution is -2.07. The molecular formula is C13H18N4. The number of rotatable bonds is 2. The van der Waals surface area contributed by atoms with Crippen molar-refractivity contribution in [1.82, 2.24) is 14.8 Å². The molecule has 2 heterocycles. The third kappa shape index (κ3) is 2.08. The highest BCUT2D eigenvalue weighted by molar-refractivity contribution is 5.32. The van der Waals surface area contributed by atoms with E-state index in [0.717, 1.165) is 22.8 Å². The Hall–Kier alpha value is -1.68. The van der Waals surface area contributed by atoms with Crippen molar-refractivity contribution < 1.29 is 0 Å². The Bertz CT molecular complexity index is 523. The highest BCUT2D eigenvalue weighted by Gasteiger charge is 2.10. The predicted octanol–water partition coefficient (Wildman–Crippen LogP) is 2.21. The van der Waals surface area contributed by atoms with Crippen molar-refractivity contribution >= 4 is 0 Å². The van der Waals surface area contributed by atoms with Gasteiger partial charge in [-0.2, -0.15) is 5.10 Å². The van der Waals surface area contributed by atoms with Gasteiger partial charge in [-0.15, -0.1) is 0 Å². The molecule has 0 bridgehead atoms. The first-order valence-corrected chi connectivity index (χ1v) is 5.75. The van der Waals surface area contributed by atoms with Gasteiger partial charge in [0, 0.05) is 17.9 Å². The number of aromatic nitrogens is 3. The topological polar surface area (TPSA) is 56.7 Å². The molecule has 0 aliphatic carbocycles. The minimum Gasteiger partial charge on any atom is -0.324 e. The molecule has 1 atom stereocenters. The summed E-state index contributed by atoms with van der Waals surface area (Å²) in [6.45, 7) is 8.08. The predicted molar refractivity (Wildman–Crippen MR) is 68.2 cm³/mol. The average molecular weight is 230 g/mol. The third-order valence-corrected chi connectivity index (χ3v) is 3.17. The summed E-state index contributed by atoms with van der Waals surface area (Å²) in [6, 6.07) is 3.97. The van der Waals surface area contributed by atoms with Crippen LogP contribution in [0.25, 0.3) is 5.82 Å². The van der Waals surface area contributed by atoms with Crippen LogP contribution in [0.3, 0.4) is 0 Å². The molecule has 0 aliphatic rings. The molecule has 2 aromatic heterocycles. The fraction of sp³-hybridized carbons (Fsp3) is 0.385. The molecule has 2 rings (SSSR count). The molecule has 0 saturated heterocycles. The number of hydrogen-bond donors (Lipinski definition) is 1. The molecule has 0 saturated carbocycles. The molecule has 4 nitrogen and oxygen atoms in total. The quantitative estimate of drug-likeness (QED) is 0.860. The molecule has 0 spiro atoms. The number of aryl methyl sites for hydroxylation is 1. The lowest BCUT2D eigenvalue weighted by Gasteiger charge is -2.07. The maximum Gasteiger partial charge on any atom is 0.153 e. The van der Waals surface area contributed by atoms with E-state index in [2.05, 4.69) is 23.9 Å². The van der Waals surface area contributed by atoms with Crippen molar-refractivity contribution in [2.75, 3.05) is 0 Å². The Morgan fingerprint density at radius 1 is 1.24 bits per heavy atom. The fourth-order valence-electron chi connectivity index (χ4n) is 1.74. The van der Waals surface area contributed by atoms with E-state index in [0.29, 0.717) is 0 Å². The van der Waals surface area contributed by atoms with Gasteiger partial charge >= 0.3 is 0 Å². The van der Waals surface area contributed by atoms with Crippen LogP contribution in [0.15, 0.2) is 18.3 Å². The van der Waals surface area contributed by atoms with Crippen LogP contribution in [0.1, 0.15) is 35.5 Å². The highest BCUT2D eigenvalue weighted by Crippen LogP contribution is 2.16. The smallest absolute Gasteiger partial charge is 0.153 e. The van der Waals surface area contributed by atoms with Crippen molar-refractivity contribution in [2.24, 2.45) is 5.73 Å².